The average Bonchev–Trinajstić information content (AvgIpc) is 3.40. The Balaban J connectivity index is 1.40. The summed E-state index contributed by atoms with van der Waals surface area (Å²) in [6.45, 7) is 0.221. The van der Waals surface area contributed by atoms with Gasteiger partial charge >= 0.3 is 5.97 Å². The zero-order valence-electron chi connectivity index (χ0n) is 21.6. The highest BCUT2D eigenvalue weighted by atomic mass is 35.5. The van der Waals surface area contributed by atoms with E-state index in [9.17, 15) is 18.4 Å². The van der Waals surface area contributed by atoms with Crippen LogP contribution < -0.4 is 5.56 Å². The van der Waals surface area contributed by atoms with E-state index < -0.39 is 17.6 Å². The number of unbranched alkanes of at least 4 members (excludes halogenated alkanes) is 1. The van der Waals surface area contributed by atoms with Crippen molar-refractivity contribution in [1.82, 2.24) is 14.7 Å². The van der Waals surface area contributed by atoms with E-state index in [0.29, 0.717) is 64.3 Å². The molecule has 0 amide bonds. The van der Waals surface area contributed by atoms with Gasteiger partial charge < -0.3 is 14.4 Å². The summed E-state index contributed by atoms with van der Waals surface area (Å²) in [4.78, 5) is 29.2. The minimum absolute atomic E-state index is 0.00665. The molecule has 0 aliphatic carbocycles. The Morgan fingerprint density at radius 1 is 0.976 bits per heavy atom. The van der Waals surface area contributed by atoms with Gasteiger partial charge in [-0.25, -0.2) is 13.8 Å². The highest BCUT2D eigenvalue weighted by molar-refractivity contribution is 6.30. The van der Waals surface area contributed by atoms with Crippen molar-refractivity contribution in [2.75, 3.05) is 0 Å². The van der Waals surface area contributed by atoms with Gasteiger partial charge in [0.25, 0.3) is 5.56 Å². The molecule has 0 saturated carbocycles. The van der Waals surface area contributed by atoms with Crippen LogP contribution in [0.5, 0.6) is 0 Å². The van der Waals surface area contributed by atoms with E-state index >= 15 is 0 Å². The third kappa shape index (κ3) is 6.85. The van der Waals surface area contributed by atoms with Crippen LogP contribution in [0, 0.1) is 11.6 Å². The third-order valence-electron chi connectivity index (χ3n) is 6.35. The lowest BCUT2D eigenvalue weighted by Crippen LogP contribution is -2.24. The van der Waals surface area contributed by atoms with Crippen LogP contribution in [0.3, 0.4) is 0 Å². The number of hydrogen-bond donors (Lipinski definition) is 1. The Bertz CT molecular complexity index is 1750. The van der Waals surface area contributed by atoms with Crippen molar-refractivity contribution in [2.45, 2.75) is 38.9 Å². The molecule has 5 aromatic rings. The second-order valence-electron chi connectivity index (χ2n) is 9.43. The molecular weight excluding hydrogens is 556 g/mol. The van der Waals surface area contributed by atoms with E-state index in [2.05, 4.69) is 5.16 Å². The first kappa shape index (κ1) is 28.1. The van der Waals surface area contributed by atoms with Gasteiger partial charge in [0.15, 0.2) is 5.76 Å². The number of aromatic nitrogens is 3. The van der Waals surface area contributed by atoms with Gasteiger partial charge in [0.2, 0.25) is 0 Å². The fraction of sp³-hybridized carbons (Fsp3) is 0.200. The highest BCUT2D eigenvalue weighted by Gasteiger charge is 2.15. The van der Waals surface area contributed by atoms with Gasteiger partial charge in [0.05, 0.1) is 23.2 Å². The molecule has 5 rings (SSSR count). The van der Waals surface area contributed by atoms with Crippen molar-refractivity contribution < 1.29 is 27.9 Å². The van der Waals surface area contributed by atoms with E-state index in [-0.39, 0.29) is 30.2 Å². The Morgan fingerprint density at radius 2 is 1.78 bits per heavy atom. The zero-order chi connectivity index (χ0) is 28.9. The summed E-state index contributed by atoms with van der Waals surface area (Å²) in [5.74, 6) is -0.896. The fourth-order valence-corrected chi connectivity index (χ4v) is 4.70. The maximum atomic E-state index is 13.6. The number of halogens is 3. The molecule has 0 fully saturated rings. The molecule has 0 aliphatic rings. The highest BCUT2D eigenvalue weighted by Crippen LogP contribution is 2.24. The van der Waals surface area contributed by atoms with Gasteiger partial charge in [-0.05, 0) is 73.0 Å². The molecule has 8 nitrogen and oxygen atoms in total. The number of ether oxygens (including phenoxy) is 1. The van der Waals surface area contributed by atoms with Crippen LogP contribution in [-0.2, 0) is 29.2 Å². The first-order valence-electron chi connectivity index (χ1n) is 12.8. The molecule has 2 heterocycles. The molecule has 0 bridgehead atoms. The summed E-state index contributed by atoms with van der Waals surface area (Å²) >= 11 is 5.88. The van der Waals surface area contributed by atoms with Crippen molar-refractivity contribution in [3.05, 3.63) is 111 Å². The predicted octanol–water partition coefficient (Wildman–Crippen LogP) is 6.49. The maximum Gasteiger partial charge on any atom is 0.303 e. The number of nitrogens with zero attached hydrogens (tertiary/aromatic N) is 3. The minimum Gasteiger partial charge on any atom is -0.481 e. The van der Waals surface area contributed by atoms with Crippen LogP contribution in [0.25, 0.3) is 27.8 Å². The first-order valence-corrected chi connectivity index (χ1v) is 13.2. The number of carboxylic acid groups (broad SMARTS) is 1. The molecule has 0 spiro atoms. The van der Waals surface area contributed by atoms with Crippen LogP contribution in [0.4, 0.5) is 8.78 Å². The van der Waals surface area contributed by atoms with Crippen LogP contribution in [0.1, 0.15) is 36.4 Å². The van der Waals surface area contributed by atoms with Gasteiger partial charge in [-0.3, -0.25) is 14.2 Å². The Hall–Kier alpha value is -4.41. The second-order valence-corrected chi connectivity index (χ2v) is 9.86. The Labute approximate surface area is 237 Å². The van der Waals surface area contributed by atoms with Crippen LogP contribution >= 0.6 is 11.6 Å². The van der Waals surface area contributed by atoms with Gasteiger partial charge in [0.1, 0.15) is 29.8 Å². The molecule has 3 aromatic carbocycles. The molecule has 2 aromatic heterocycles. The molecule has 0 atom stereocenters. The number of carbonyl (C=O) groups is 1. The van der Waals surface area contributed by atoms with Crippen LogP contribution in [-0.4, -0.2) is 25.8 Å². The number of hydrogen-bond acceptors (Lipinski definition) is 6. The second kappa shape index (κ2) is 12.4. The van der Waals surface area contributed by atoms with Crippen molar-refractivity contribution in [3.63, 3.8) is 0 Å². The zero-order valence-corrected chi connectivity index (χ0v) is 22.4. The molecular formula is C30H24ClF2N3O5. The van der Waals surface area contributed by atoms with Gasteiger partial charge in [-0.2, -0.15) is 0 Å². The number of fused-ring (bicyclic) bond motifs is 1. The molecule has 0 aliphatic heterocycles. The summed E-state index contributed by atoms with van der Waals surface area (Å²) in [6, 6.07) is 16.5. The summed E-state index contributed by atoms with van der Waals surface area (Å²) < 4.78 is 39.5. The van der Waals surface area contributed by atoms with Gasteiger partial charge in [-0.15, -0.1) is 0 Å². The first-order chi connectivity index (χ1) is 19.8. The van der Waals surface area contributed by atoms with Crippen molar-refractivity contribution >= 4 is 28.5 Å². The van der Waals surface area contributed by atoms with E-state index in [1.165, 1.54) is 41.0 Å². The monoisotopic (exact) mass is 579 g/mol. The average molecular weight is 580 g/mol. The molecule has 210 valence electrons. The van der Waals surface area contributed by atoms with Crippen LogP contribution in [0.2, 0.25) is 5.02 Å². The lowest BCUT2D eigenvalue weighted by Gasteiger charge is -2.14. The van der Waals surface area contributed by atoms with Crippen molar-refractivity contribution in [1.29, 1.82) is 0 Å². The summed E-state index contributed by atoms with van der Waals surface area (Å²) in [5.41, 5.74) is 2.32. The quantitative estimate of drug-likeness (QED) is 0.178. The van der Waals surface area contributed by atoms with E-state index in [0.717, 1.165) is 0 Å². The Kier molecular flexibility index (Phi) is 8.51. The summed E-state index contributed by atoms with van der Waals surface area (Å²) in [6.07, 6.45) is 1.27. The van der Waals surface area contributed by atoms with Crippen LogP contribution in [0.15, 0.2) is 76.0 Å². The minimum atomic E-state index is -0.896. The number of aryl methyl sites for hydroxylation is 1. The number of aliphatic carboxylic acids is 1. The summed E-state index contributed by atoms with van der Waals surface area (Å²) in [5, 5.41) is 13.7. The smallest absolute Gasteiger partial charge is 0.303 e. The number of carboxylic acids is 1. The van der Waals surface area contributed by atoms with E-state index in [4.69, 9.17) is 31.0 Å². The number of benzene rings is 3. The molecule has 0 radical (unpaired) electrons. The molecule has 1 N–H and O–H groups in total. The fourth-order valence-electron chi connectivity index (χ4n) is 4.46. The molecule has 0 unspecified atom stereocenters. The predicted molar refractivity (Wildman–Crippen MR) is 148 cm³/mol. The molecule has 11 heteroatoms. The SMILES string of the molecule is O=C(O)CCCCc1nc2cc(-c3cc(COCc4cc(F)cc(Cl)c4)on3)ccc2c(=O)n1-c1ccc(F)cc1. The topological polar surface area (TPSA) is 107 Å². The van der Waals surface area contributed by atoms with Crippen molar-refractivity contribution in [2.24, 2.45) is 0 Å². The summed E-state index contributed by atoms with van der Waals surface area (Å²) in [7, 11) is 0. The normalized spacial score (nSPS) is 11.3. The lowest BCUT2D eigenvalue weighted by atomic mass is 10.1. The Morgan fingerprint density at radius 3 is 2.54 bits per heavy atom. The number of rotatable bonds is 11. The van der Waals surface area contributed by atoms with Gasteiger partial charge in [0, 0.05) is 29.5 Å². The lowest BCUT2D eigenvalue weighted by molar-refractivity contribution is -0.137. The molecule has 0 saturated heterocycles. The van der Waals surface area contributed by atoms with E-state index in [1.807, 2.05) is 0 Å². The third-order valence-corrected chi connectivity index (χ3v) is 6.57. The molecule has 41 heavy (non-hydrogen) atoms. The standard InChI is InChI=1S/C30H24ClF2N3O5/c31-20-11-18(12-22(33)14-20)16-40-17-24-15-26(35-41-24)19-5-10-25-27(13-19)34-28(3-1-2-4-29(37)38)36(30(25)39)23-8-6-21(32)7-9-23/h5-15H,1-4,16-17H2,(H,37,38). The maximum absolute atomic E-state index is 13.6. The van der Waals surface area contributed by atoms with Crippen molar-refractivity contribution in [3.8, 4) is 16.9 Å². The largest absolute Gasteiger partial charge is 0.481 e. The van der Waals surface area contributed by atoms with E-state index in [1.54, 1.807) is 30.3 Å². The van der Waals surface area contributed by atoms with Gasteiger partial charge in [-0.1, -0.05) is 22.8 Å².